The molecule has 2 heteroatoms. The van der Waals surface area contributed by atoms with Crippen molar-refractivity contribution in [2.24, 2.45) is 0 Å². The average Bonchev–Trinajstić information content (AvgIpc) is 2.54. The highest BCUT2D eigenvalue weighted by atomic mass is 16.5. The van der Waals surface area contributed by atoms with Gasteiger partial charge in [-0.05, 0) is 24.1 Å². The normalized spacial score (nSPS) is 12.3. The molecule has 2 nitrogen and oxygen atoms in total. The summed E-state index contributed by atoms with van der Waals surface area (Å²) in [5, 5.41) is 2.02. The Morgan fingerprint density at radius 2 is 1.57 bits per heavy atom. The average molecular weight is 274 g/mol. The Hall–Kier alpha value is -2.61. The SMILES string of the molecule is CCOc1ccc2c3c(cccc13)C(=O)c1ccccc1-2. The number of rotatable bonds is 2. The first-order chi connectivity index (χ1) is 10.3. The number of carbonyl (C=O) groups excluding carboxylic acids is 1. The smallest absolute Gasteiger partial charge is 0.194 e. The Balaban J connectivity index is 2.15. The fraction of sp³-hybridized carbons (Fsp3) is 0.105. The van der Waals surface area contributed by atoms with Crippen molar-refractivity contribution in [1.82, 2.24) is 0 Å². The van der Waals surface area contributed by atoms with Gasteiger partial charge in [-0.2, -0.15) is 0 Å². The van der Waals surface area contributed by atoms with Crippen LogP contribution in [0.25, 0.3) is 21.9 Å². The summed E-state index contributed by atoms with van der Waals surface area (Å²) < 4.78 is 5.71. The zero-order valence-corrected chi connectivity index (χ0v) is 11.7. The van der Waals surface area contributed by atoms with Crippen LogP contribution in [0.15, 0.2) is 54.6 Å². The van der Waals surface area contributed by atoms with E-state index in [2.05, 4.69) is 6.07 Å². The molecule has 0 amide bonds. The highest BCUT2D eigenvalue weighted by Gasteiger charge is 2.25. The summed E-state index contributed by atoms with van der Waals surface area (Å²) in [4.78, 5) is 12.7. The molecule has 0 heterocycles. The summed E-state index contributed by atoms with van der Waals surface area (Å²) in [7, 11) is 0. The maximum Gasteiger partial charge on any atom is 0.194 e. The molecule has 3 aromatic carbocycles. The van der Waals surface area contributed by atoms with Crippen molar-refractivity contribution in [2.45, 2.75) is 6.92 Å². The zero-order chi connectivity index (χ0) is 14.4. The number of fused-ring (bicyclic) bond motifs is 2. The van der Waals surface area contributed by atoms with E-state index in [-0.39, 0.29) is 5.78 Å². The third kappa shape index (κ3) is 1.62. The molecule has 102 valence electrons. The van der Waals surface area contributed by atoms with Crippen molar-refractivity contribution in [3.8, 4) is 16.9 Å². The standard InChI is InChI=1S/C19H14O2/c1-2-21-17-11-10-13-12-6-3-4-7-14(12)19(20)16-9-5-8-15(17)18(13)16/h3-11H,2H2,1H3. The number of ether oxygens (including phenoxy) is 1. The van der Waals surface area contributed by atoms with E-state index in [0.29, 0.717) is 6.61 Å². The van der Waals surface area contributed by atoms with Gasteiger partial charge in [-0.25, -0.2) is 0 Å². The second-order valence-corrected chi connectivity index (χ2v) is 5.15. The van der Waals surface area contributed by atoms with E-state index < -0.39 is 0 Å². The minimum atomic E-state index is 0.0948. The molecule has 0 aromatic heterocycles. The van der Waals surface area contributed by atoms with Crippen LogP contribution in [0.5, 0.6) is 5.75 Å². The van der Waals surface area contributed by atoms with Gasteiger partial charge in [0.05, 0.1) is 6.61 Å². The zero-order valence-electron chi connectivity index (χ0n) is 11.7. The first-order valence-electron chi connectivity index (χ1n) is 7.14. The second-order valence-electron chi connectivity index (χ2n) is 5.15. The Bertz CT molecular complexity index is 878. The maximum absolute atomic E-state index is 12.7. The van der Waals surface area contributed by atoms with Crippen LogP contribution in [0.2, 0.25) is 0 Å². The van der Waals surface area contributed by atoms with E-state index in [4.69, 9.17) is 4.74 Å². The third-order valence-electron chi connectivity index (χ3n) is 4.01. The number of hydrogen-bond donors (Lipinski definition) is 0. The predicted molar refractivity (Wildman–Crippen MR) is 84.0 cm³/mol. The van der Waals surface area contributed by atoms with Gasteiger partial charge in [0, 0.05) is 21.9 Å². The van der Waals surface area contributed by atoms with Crippen LogP contribution in [0, 0.1) is 0 Å². The number of hydrogen-bond acceptors (Lipinski definition) is 2. The van der Waals surface area contributed by atoms with Crippen molar-refractivity contribution in [2.75, 3.05) is 6.61 Å². The molecule has 21 heavy (non-hydrogen) atoms. The minimum Gasteiger partial charge on any atom is -0.493 e. The largest absolute Gasteiger partial charge is 0.493 e. The van der Waals surface area contributed by atoms with E-state index in [1.165, 1.54) is 0 Å². The van der Waals surface area contributed by atoms with E-state index in [0.717, 1.165) is 38.8 Å². The van der Waals surface area contributed by atoms with Gasteiger partial charge >= 0.3 is 0 Å². The van der Waals surface area contributed by atoms with Crippen molar-refractivity contribution < 1.29 is 9.53 Å². The van der Waals surface area contributed by atoms with Crippen LogP contribution in [-0.4, -0.2) is 12.4 Å². The monoisotopic (exact) mass is 274 g/mol. The Morgan fingerprint density at radius 1 is 0.810 bits per heavy atom. The molecule has 0 unspecified atom stereocenters. The lowest BCUT2D eigenvalue weighted by atomic mass is 9.83. The Kier molecular flexibility index (Phi) is 2.58. The first-order valence-corrected chi connectivity index (χ1v) is 7.14. The lowest BCUT2D eigenvalue weighted by molar-refractivity contribution is 0.104. The molecule has 0 fully saturated rings. The van der Waals surface area contributed by atoms with Gasteiger partial charge in [-0.15, -0.1) is 0 Å². The van der Waals surface area contributed by atoms with Crippen LogP contribution in [0.1, 0.15) is 22.8 Å². The predicted octanol–water partition coefficient (Wildman–Crippen LogP) is 4.45. The molecule has 4 rings (SSSR count). The molecule has 0 N–H and O–H groups in total. The highest BCUT2D eigenvalue weighted by molar-refractivity contribution is 6.26. The van der Waals surface area contributed by atoms with Gasteiger partial charge < -0.3 is 4.74 Å². The molecule has 0 aliphatic heterocycles. The van der Waals surface area contributed by atoms with Crippen LogP contribution >= 0.6 is 0 Å². The van der Waals surface area contributed by atoms with E-state index in [1.54, 1.807) is 0 Å². The van der Waals surface area contributed by atoms with Crippen molar-refractivity contribution in [1.29, 1.82) is 0 Å². The third-order valence-corrected chi connectivity index (χ3v) is 4.01. The molecule has 0 saturated carbocycles. The summed E-state index contributed by atoms with van der Waals surface area (Å²) in [6.45, 7) is 2.58. The summed E-state index contributed by atoms with van der Waals surface area (Å²) in [6, 6.07) is 17.7. The fourth-order valence-corrected chi connectivity index (χ4v) is 3.14. The molecule has 0 saturated heterocycles. The van der Waals surface area contributed by atoms with Gasteiger partial charge in [0.15, 0.2) is 5.78 Å². The molecule has 0 radical (unpaired) electrons. The summed E-state index contributed by atoms with van der Waals surface area (Å²) in [6.07, 6.45) is 0. The van der Waals surface area contributed by atoms with E-state index in [9.17, 15) is 4.79 Å². The van der Waals surface area contributed by atoms with E-state index in [1.807, 2.05) is 55.5 Å². The molecule has 0 spiro atoms. The van der Waals surface area contributed by atoms with Gasteiger partial charge in [0.1, 0.15) is 5.75 Å². The van der Waals surface area contributed by atoms with Crippen molar-refractivity contribution >= 4 is 16.6 Å². The number of ketones is 1. The Labute approximate surface area is 123 Å². The van der Waals surface area contributed by atoms with Crippen LogP contribution in [0.3, 0.4) is 0 Å². The molecular formula is C19H14O2. The van der Waals surface area contributed by atoms with Gasteiger partial charge in [-0.3, -0.25) is 4.79 Å². The van der Waals surface area contributed by atoms with Crippen molar-refractivity contribution in [3.05, 3.63) is 65.7 Å². The summed E-state index contributed by atoms with van der Waals surface area (Å²) in [5.74, 6) is 0.933. The van der Waals surface area contributed by atoms with E-state index >= 15 is 0 Å². The lowest BCUT2D eigenvalue weighted by Crippen LogP contribution is -2.10. The molecular weight excluding hydrogens is 260 g/mol. The topological polar surface area (TPSA) is 26.3 Å². The molecule has 0 atom stereocenters. The number of carbonyl (C=O) groups is 1. The quantitative estimate of drug-likeness (QED) is 0.540. The molecule has 0 bridgehead atoms. The fourth-order valence-electron chi connectivity index (χ4n) is 3.14. The highest BCUT2D eigenvalue weighted by Crippen LogP contribution is 2.42. The summed E-state index contributed by atoms with van der Waals surface area (Å²) in [5.41, 5.74) is 3.66. The first kappa shape index (κ1) is 12.2. The van der Waals surface area contributed by atoms with Gasteiger partial charge in [0.2, 0.25) is 0 Å². The minimum absolute atomic E-state index is 0.0948. The van der Waals surface area contributed by atoms with Gasteiger partial charge in [0.25, 0.3) is 0 Å². The van der Waals surface area contributed by atoms with Gasteiger partial charge in [-0.1, -0.05) is 48.5 Å². The molecule has 1 aliphatic rings. The number of benzene rings is 3. The van der Waals surface area contributed by atoms with Crippen molar-refractivity contribution in [3.63, 3.8) is 0 Å². The molecule has 3 aromatic rings. The Morgan fingerprint density at radius 3 is 2.38 bits per heavy atom. The van der Waals surface area contributed by atoms with Crippen LogP contribution in [0.4, 0.5) is 0 Å². The lowest BCUT2D eigenvalue weighted by Gasteiger charge is -2.21. The van der Waals surface area contributed by atoms with Crippen LogP contribution in [-0.2, 0) is 0 Å². The molecule has 1 aliphatic carbocycles. The maximum atomic E-state index is 12.7. The van der Waals surface area contributed by atoms with Crippen LogP contribution < -0.4 is 4.74 Å². The summed E-state index contributed by atoms with van der Waals surface area (Å²) >= 11 is 0. The second kappa shape index (κ2) is 4.45.